The summed E-state index contributed by atoms with van der Waals surface area (Å²) in [5.41, 5.74) is 1.82. The van der Waals surface area contributed by atoms with Crippen LogP contribution in [0.3, 0.4) is 0 Å². The molecule has 0 aliphatic carbocycles. The lowest BCUT2D eigenvalue weighted by Gasteiger charge is -2.26. The molecule has 0 spiro atoms. The first kappa shape index (κ1) is 19.4. The molecule has 0 saturated carbocycles. The predicted octanol–water partition coefficient (Wildman–Crippen LogP) is 3.20. The average Bonchev–Trinajstić information content (AvgIpc) is 3.10. The van der Waals surface area contributed by atoms with Crippen molar-refractivity contribution < 1.29 is 9.53 Å². The largest absolute Gasteiger partial charge is 0.379 e. The summed E-state index contributed by atoms with van der Waals surface area (Å²) in [4.78, 5) is 20.2. The van der Waals surface area contributed by atoms with E-state index in [0.29, 0.717) is 12.1 Å². The topological polar surface area (TPSA) is 54.5 Å². The van der Waals surface area contributed by atoms with Gasteiger partial charge in [0.15, 0.2) is 0 Å². The minimum absolute atomic E-state index is 0.00125. The third-order valence-electron chi connectivity index (χ3n) is 4.21. The molecule has 2 aromatic rings. The molecule has 0 bridgehead atoms. The quantitative estimate of drug-likeness (QED) is 0.553. The van der Waals surface area contributed by atoms with E-state index in [-0.39, 0.29) is 5.91 Å². The van der Waals surface area contributed by atoms with Crippen molar-refractivity contribution >= 4 is 29.0 Å². The number of ether oxygens (including phenoxy) is 1. The maximum absolute atomic E-state index is 12.2. The summed E-state index contributed by atoms with van der Waals surface area (Å²) in [5.74, 6) is 0.857. The molecule has 140 valence electrons. The number of amides is 1. The van der Waals surface area contributed by atoms with Gasteiger partial charge in [-0.3, -0.25) is 9.69 Å². The first-order chi connectivity index (χ1) is 12.7. The number of carbonyl (C=O) groups is 1. The Balaban J connectivity index is 1.37. The summed E-state index contributed by atoms with van der Waals surface area (Å²) in [7, 11) is 0. The van der Waals surface area contributed by atoms with Crippen LogP contribution in [0.5, 0.6) is 0 Å². The van der Waals surface area contributed by atoms with Gasteiger partial charge in [-0.2, -0.15) is 0 Å². The highest BCUT2D eigenvalue weighted by Gasteiger charge is 2.10. The van der Waals surface area contributed by atoms with Gasteiger partial charge in [0, 0.05) is 41.2 Å². The van der Waals surface area contributed by atoms with Crippen LogP contribution < -0.4 is 5.32 Å². The zero-order valence-electron chi connectivity index (χ0n) is 15.1. The molecule has 1 aromatic heterocycles. The molecule has 1 N–H and O–H groups in total. The number of carbonyl (C=O) groups excluding carboxylic acids is 1. The Kier molecular flexibility index (Phi) is 7.49. The molecule has 0 radical (unpaired) electrons. The number of thioether (sulfide) groups is 1. The molecule has 7 heteroatoms. The second-order valence-electron chi connectivity index (χ2n) is 6.23. The standard InChI is InChI=1S/C19H25N3O2S2/c1-15-21-17(13-25-15)14-26-18-5-3-16(4-6-18)19(23)20-7-2-8-22-9-11-24-12-10-22/h3-6,13H,2,7-12,14H2,1H3,(H,20,23). The van der Waals surface area contributed by atoms with Crippen LogP contribution in [-0.2, 0) is 10.5 Å². The van der Waals surface area contributed by atoms with Crippen LogP contribution >= 0.6 is 23.1 Å². The first-order valence-electron chi connectivity index (χ1n) is 8.93. The van der Waals surface area contributed by atoms with Gasteiger partial charge in [-0.1, -0.05) is 0 Å². The third-order valence-corrected chi connectivity index (χ3v) is 6.08. The molecular weight excluding hydrogens is 366 g/mol. The van der Waals surface area contributed by atoms with Crippen molar-refractivity contribution in [1.82, 2.24) is 15.2 Å². The molecule has 3 rings (SSSR count). The second kappa shape index (κ2) is 10.1. The van der Waals surface area contributed by atoms with Gasteiger partial charge < -0.3 is 10.1 Å². The van der Waals surface area contributed by atoms with Crippen LogP contribution in [0.4, 0.5) is 0 Å². The number of aromatic nitrogens is 1. The highest BCUT2D eigenvalue weighted by Crippen LogP contribution is 2.23. The lowest BCUT2D eigenvalue weighted by atomic mass is 10.2. The highest BCUT2D eigenvalue weighted by atomic mass is 32.2. The Morgan fingerprint density at radius 3 is 2.77 bits per heavy atom. The molecular formula is C19H25N3O2S2. The Labute approximate surface area is 163 Å². The molecule has 0 unspecified atom stereocenters. The number of benzene rings is 1. The molecule has 26 heavy (non-hydrogen) atoms. The van der Waals surface area contributed by atoms with Gasteiger partial charge in [-0.05, 0) is 44.2 Å². The summed E-state index contributed by atoms with van der Waals surface area (Å²) < 4.78 is 5.34. The number of nitrogens with zero attached hydrogens (tertiary/aromatic N) is 2. The SMILES string of the molecule is Cc1nc(CSc2ccc(C(=O)NCCCN3CCOCC3)cc2)cs1. The molecule has 1 fully saturated rings. The van der Waals surface area contributed by atoms with Crippen molar-refractivity contribution in [2.75, 3.05) is 39.4 Å². The first-order valence-corrected chi connectivity index (χ1v) is 10.8. The average molecular weight is 392 g/mol. The zero-order valence-corrected chi connectivity index (χ0v) is 16.7. The van der Waals surface area contributed by atoms with Crippen molar-refractivity contribution in [3.8, 4) is 0 Å². The summed E-state index contributed by atoms with van der Waals surface area (Å²) in [6.45, 7) is 7.36. The second-order valence-corrected chi connectivity index (χ2v) is 8.35. The van der Waals surface area contributed by atoms with Crippen LogP contribution in [0.1, 0.15) is 27.5 Å². The number of hydrogen-bond donors (Lipinski definition) is 1. The fourth-order valence-corrected chi connectivity index (χ4v) is 4.27. The maximum atomic E-state index is 12.2. The van der Waals surface area contributed by atoms with E-state index in [2.05, 4.69) is 20.6 Å². The molecule has 0 atom stereocenters. The van der Waals surface area contributed by atoms with Crippen molar-refractivity contribution in [2.45, 2.75) is 24.0 Å². The van der Waals surface area contributed by atoms with Gasteiger partial charge in [-0.25, -0.2) is 4.98 Å². The third kappa shape index (κ3) is 6.09. The summed E-state index contributed by atoms with van der Waals surface area (Å²) in [5, 5.41) is 6.20. The monoisotopic (exact) mass is 391 g/mol. The van der Waals surface area contributed by atoms with Crippen LogP contribution in [0.15, 0.2) is 34.5 Å². The molecule has 1 aliphatic heterocycles. The summed E-state index contributed by atoms with van der Waals surface area (Å²) >= 11 is 3.42. The van der Waals surface area contributed by atoms with Gasteiger partial charge in [0.25, 0.3) is 5.91 Å². The summed E-state index contributed by atoms with van der Waals surface area (Å²) in [6, 6.07) is 7.80. The van der Waals surface area contributed by atoms with Crippen LogP contribution in [-0.4, -0.2) is 55.2 Å². The number of morpholine rings is 1. The van der Waals surface area contributed by atoms with E-state index in [1.807, 2.05) is 31.2 Å². The Hall–Kier alpha value is -1.41. The molecule has 1 saturated heterocycles. The van der Waals surface area contributed by atoms with E-state index < -0.39 is 0 Å². The van der Waals surface area contributed by atoms with Gasteiger partial charge in [0.05, 0.1) is 23.9 Å². The lowest BCUT2D eigenvalue weighted by molar-refractivity contribution is 0.0374. The minimum Gasteiger partial charge on any atom is -0.379 e. The predicted molar refractivity (Wildman–Crippen MR) is 107 cm³/mol. The number of thiazole rings is 1. The van der Waals surface area contributed by atoms with Crippen LogP contribution in [0.2, 0.25) is 0 Å². The van der Waals surface area contributed by atoms with E-state index in [9.17, 15) is 4.79 Å². The number of hydrogen-bond acceptors (Lipinski definition) is 6. The smallest absolute Gasteiger partial charge is 0.251 e. The van der Waals surface area contributed by atoms with Crippen LogP contribution in [0.25, 0.3) is 0 Å². The highest BCUT2D eigenvalue weighted by molar-refractivity contribution is 7.98. The van der Waals surface area contributed by atoms with Crippen molar-refractivity contribution in [1.29, 1.82) is 0 Å². The fourth-order valence-electron chi connectivity index (χ4n) is 2.77. The van der Waals surface area contributed by atoms with Crippen molar-refractivity contribution in [2.24, 2.45) is 0 Å². The molecule has 1 amide bonds. The number of nitrogens with one attached hydrogen (secondary N) is 1. The van der Waals surface area contributed by atoms with Gasteiger partial charge >= 0.3 is 0 Å². The normalized spacial score (nSPS) is 15.1. The van der Waals surface area contributed by atoms with Gasteiger partial charge in [0.1, 0.15) is 0 Å². The van der Waals surface area contributed by atoms with Gasteiger partial charge in [-0.15, -0.1) is 23.1 Å². The number of aryl methyl sites for hydroxylation is 1. The van der Waals surface area contributed by atoms with E-state index in [0.717, 1.165) is 60.6 Å². The lowest BCUT2D eigenvalue weighted by Crippen LogP contribution is -2.38. The number of rotatable bonds is 8. The van der Waals surface area contributed by atoms with E-state index >= 15 is 0 Å². The van der Waals surface area contributed by atoms with E-state index in [4.69, 9.17) is 4.74 Å². The molecule has 1 aromatic carbocycles. The Morgan fingerprint density at radius 1 is 1.31 bits per heavy atom. The van der Waals surface area contributed by atoms with Crippen molar-refractivity contribution in [3.05, 3.63) is 45.9 Å². The maximum Gasteiger partial charge on any atom is 0.251 e. The Bertz CT molecular complexity index is 697. The fraction of sp³-hybridized carbons (Fsp3) is 0.474. The van der Waals surface area contributed by atoms with Crippen LogP contribution in [0, 0.1) is 6.92 Å². The summed E-state index contributed by atoms with van der Waals surface area (Å²) in [6.07, 6.45) is 0.965. The molecule has 5 nitrogen and oxygen atoms in total. The zero-order chi connectivity index (χ0) is 18.2. The molecule has 2 heterocycles. The van der Waals surface area contributed by atoms with E-state index in [1.54, 1.807) is 23.1 Å². The van der Waals surface area contributed by atoms with Gasteiger partial charge in [0.2, 0.25) is 0 Å². The van der Waals surface area contributed by atoms with Crippen molar-refractivity contribution in [3.63, 3.8) is 0 Å². The van der Waals surface area contributed by atoms with E-state index in [1.165, 1.54) is 0 Å². The molecule has 1 aliphatic rings. The Morgan fingerprint density at radius 2 is 2.08 bits per heavy atom. The minimum atomic E-state index is -0.00125.